The second-order valence-electron chi connectivity index (χ2n) is 4.60. The molecule has 0 spiro atoms. The lowest BCUT2D eigenvalue weighted by molar-refractivity contribution is 0.260. The van der Waals surface area contributed by atoms with Crippen LogP contribution in [0.5, 0.6) is 0 Å². The van der Waals surface area contributed by atoms with Gasteiger partial charge >= 0.3 is 0 Å². The molecule has 1 unspecified atom stereocenters. The normalized spacial score (nSPS) is 18.1. The van der Waals surface area contributed by atoms with Crippen LogP contribution in [-0.4, -0.2) is 19.4 Å². The fourth-order valence-corrected chi connectivity index (χ4v) is 3.49. The molecule has 0 aliphatic heterocycles. The number of hydrazine groups is 1. The predicted molar refractivity (Wildman–Crippen MR) is 69.2 cm³/mol. The Labute approximate surface area is 107 Å². The number of nitrogen functional groups attached to an aromatic ring is 1. The van der Waals surface area contributed by atoms with Gasteiger partial charge in [0.05, 0.1) is 0 Å². The number of hydrogen-bond donors (Lipinski definition) is 3. The summed E-state index contributed by atoms with van der Waals surface area (Å²) in [6.07, 6.45) is 4.83. The molecule has 0 amide bonds. The second kappa shape index (κ2) is 5.21. The van der Waals surface area contributed by atoms with Gasteiger partial charge in [-0.3, -0.25) is 0 Å². The lowest BCUT2D eigenvalue weighted by Crippen LogP contribution is -2.40. The van der Waals surface area contributed by atoms with E-state index < -0.39 is 10.0 Å². The van der Waals surface area contributed by atoms with E-state index in [4.69, 9.17) is 5.84 Å². The van der Waals surface area contributed by atoms with E-state index in [0.29, 0.717) is 5.92 Å². The van der Waals surface area contributed by atoms with E-state index >= 15 is 0 Å². The highest BCUT2D eigenvalue weighted by Crippen LogP contribution is 2.30. The third-order valence-electron chi connectivity index (χ3n) is 3.39. The van der Waals surface area contributed by atoms with Crippen LogP contribution in [0.25, 0.3) is 0 Å². The Morgan fingerprint density at radius 2 is 2.22 bits per heavy atom. The average Bonchev–Trinajstić information content (AvgIpc) is 2.25. The number of hydrogen-bond acceptors (Lipinski definition) is 5. The number of sulfonamides is 1. The van der Waals surface area contributed by atoms with Gasteiger partial charge in [-0.05, 0) is 37.8 Å². The number of nitrogens with zero attached hydrogens (tertiary/aromatic N) is 1. The third kappa shape index (κ3) is 2.63. The fourth-order valence-electron chi connectivity index (χ4n) is 2.06. The van der Waals surface area contributed by atoms with Gasteiger partial charge in [0, 0.05) is 12.2 Å². The first kappa shape index (κ1) is 13.3. The van der Waals surface area contributed by atoms with Crippen LogP contribution < -0.4 is 16.0 Å². The Kier molecular flexibility index (Phi) is 3.84. The number of anilines is 1. The van der Waals surface area contributed by atoms with Crippen LogP contribution in [-0.2, 0) is 10.0 Å². The van der Waals surface area contributed by atoms with E-state index in [0.717, 1.165) is 12.8 Å². The highest BCUT2D eigenvalue weighted by atomic mass is 32.2. The van der Waals surface area contributed by atoms with Gasteiger partial charge < -0.3 is 5.43 Å². The molecule has 0 saturated heterocycles. The Morgan fingerprint density at radius 1 is 1.50 bits per heavy atom. The maximum absolute atomic E-state index is 12.2. The van der Waals surface area contributed by atoms with Crippen molar-refractivity contribution < 1.29 is 8.42 Å². The Balaban J connectivity index is 2.19. The molecule has 1 saturated carbocycles. The van der Waals surface area contributed by atoms with Crippen molar-refractivity contribution in [2.24, 2.45) is 11.8 Å². The Morgan fingerprint density at radius 3 is 2.78 bits per heavy atom. The SMILES string of the molecule is CC(NS(=O)(=O)c1cccnc1NN)C1CCC1. The molecule has 1 aromatic heterocycles. The summed E-state index contributed by atoms with van der Waals surface area (Å²) in [6.45, 7) is 1.90. The molecule has 2 rings (SSSR count). The van der Waals surface area contributed by atoms with Crippen LogP contribution in [0.1, 0.15) is 26.2 Å². The molecule has 0 radical (unpaired) electrons. The highest BCUT2D eigenvalue weighted by Gasteiger charge is 2.29. The highest BCUT2D eigenvalue weighted by molar-refractivity contribution is 7.89. The minimum absolute atomic E-state index is 0.0606. The monoisotopic (exact) mass is 270 g/mol. The van der Waals surface area contributed by atoms with Gasteiger partial charge in [-0.15, -0.1) is 0 Å². The van der Waals surface area contributed by atoms with Crippen molar-refractivity contribution in [3.63, 3.8) is 0 Å². The molecule has 1 fully saturated rings. The maximum atomic E-state index is 12.2. The zero-order valence-corrected chi connectivity index (χ0v) is 11.1. The quantitative estimate of drug-likeness (QED) is 0.544. The van der Waals surface area contributed by atoms with Crippen molar-refractivity contribution in [1.82, 2.24) is 9.71 Å². The molecular formula is C11H18N4O2S. The predicted octanol–water partition coefficient (Wildman–Crippen LogP) is 0.834. The van der Waals surface area contributed by atoms with Crippen molar-refractivity contribution in [1.29, 1.82) is 0 Å². The molecule has 1 aliphatic carbocycles. The summed E-state index contributed by atoms with van der Waals surface area (Å²) in [6, 6.07) is 3.00. The van der Waals surface area contributed by atoms with E-state index in [9.17, 15) is 8.42 Å². The van der Waals surface area contributed by atoms with Crippen LogP contribution in [0.15, 0.2) is 23.2 Å². The zero-order chi connectivity index (χ0) is 13.2. The molecule has 4 N–H and O–H groups in total. The lowest BCUT2D eigenvalue weighted by Gasteiger charge is -2.31. The molecule has 0 bridgehead atoms. The number of pyridine rings is 1. The van der Waals surface area contributed by atoms with Crippen molar-refractivity contribution in [2.45, 2.75) is 37.1 Å². The van der Waals surface area contributed by atoms with E-state index in [2.05, 4.69) is 15.1 Å². The van der Waals surface area contributed by atoms with Gasteiger partial charge in [-0.25, -0.2) is 24.0 Å². The summed E-state index contributed by atoms with van der Waals surface area (Å²) in [5.74, 6) is 5.86. The average molecular weight is 270 g/mol. The smallest absolute Gasteiger partial charge is 0.244 e. The van der Waals surface area contributed by atoms with Crippen molar-refractivity contribution in [3.8, 4) is 0 Å². The molecular weight excluding hydrogens is 252 g/mol. The zero-order valence-electron chi connectivity index (χ0n) is 10.3. The maximum Gasteiger partial charge on any atom is 0.244 e. The summed E-state index contributed by atoms with van der Waals surface area (Å²) in [4.78, 5) is 3.98. The van der Waals surface area contributed by atoms with Crippen LogP contribution in [0.4, 0.5) is 5.82 Å². The second-order valence-corrected chi connectivity index (χ2v) is 6.28. The standard InChI is InChI=1S/C11H18N4O2S/c1-8(9-4-2-5-9)15-18(16,17)10-6-3-7-13-11(10)14-12/h3,6-9,15H,2,4-5,12H2,1H3,(H,13,14). The molecule has 100 valence electrons. The summed E-state index contributed by atoms with van der Waals surface area (Å²) in [5, 5.41) is 0. The molecule has 0 aromatic carbocycles. The first-order valence-electron chi connectivity index (χ1n) is 5.98. The van der Waals surface area contributed by atoms with Crippen LogP contribution in [0.3, 0.4) is 0 Å². The summed E-state index contributed by atoms with van der Waals surface area (Å²) in [5.41, 5.74) is 2.30. The van der Waals surface area contributed by atoms with E-state index in [1.165, 1.54) is 18.7 Å². The Hall–Kier alpha value is -1.18. The number of nitrogens with two attached hydrogens (primary N) is 1. The van der Waals surface area contributed by atoms with Crippen molar-refractivity contribution >= 4 is 15.8 Å². The van der Waals surface area contributed by atoms with Gasteiger partial charge in [0.2, 0.25) is 10.0 Å². The van der Waals surface area contributed by atoms with Gasteiger partial charge in [-0.1, -0.05) is 6.42 Å². The van der Waals surface area contributed by atoms with E-state index in [1.54, 1.807) is 6.07 Å². The number of rotatable bonds is 5. The molecule has 7 heteroatoms. The van der Waals surface area contributed by atoms with Crippen molar-refractivity contribution in [2.75, 3.05) is 5.43 Å². The van der Waals surface area contributed by atoms with Crippen LogP contribution >= 0.6 is 0 Å². The summed E-state index contributed by atoms with van der Waals surface area (Å²) in [7, 11) is -3.58. The minimum Gasteiger partial charge on any atom is -0.307 e. The largest absolute Gasteiger partial charge is 0.307 e. The molecule has 1 atom stereocenters. The van der Waals surface area contributed by atoms with Crippen LogP contribution in [0.2, 0.25) is 0 Å². The van der Waals surface area contributed by atoms with Gasteiger partial charge in [0.15, 0.2) is 5.82 Å². The number of nitrogens with one attached hydrogen (secondary N) is 2. The topological polar surface area (TPSA) is 97.1 Å². The van der Waals surface area contributed by atoms with Crippen LogP contribution in [0, 0.1) is 5.92 Å². The van der Waals surface area contributed by atoms with Gasteiger partial charge in [0.25, 0.3) is 0 Å². The van der Waals surface area contributed by atoms with Gasteiger partial charge in [0.1, 0.15) is 4.90 Å². The molecule has 1 heterocycles. The van der Waals surface area contributed by atoms with Gasteiger partial charge in [-0.2, -0.15) is 0 Å². The summed E-state index contributed by atoms with van der Waals surface area (Å²) < 4.78 is 27.1. The van der Waals surface area contributed by atoms with Crippen molar-refractivity contribution in [3.05, 3.63) is 18.3 Å². The first-order chi connectivity index (χ1) is 8.54. The van der Waals surface area contributed by atoms with E-state index in [-0.39, 0.29) is 16.8 Å². The lowest BCUT2D eigenvalue weighted by atomic mass is 9.81. The third-order valence-corrected chi connectivity index (χ3v) is 4.99. The molecule has 1 aliphatic rings. The van der Waals surface area contributed by atoms with E-state index in [1.807, 2.05) is 6.92 Å². The molecule has 18 heavy (non-hydrogen) atoms. The number of aromatic nitrogens is 1. The fraction of sp³-hybridized carbons (Fsp3) is 0.545. The Bertz CT molecular complexity index is 514. The summed E-state index contributed by atoms with van der Waals surface area (Å²) >= 11 is 0. The molecule has 1 aromatic rings. The minimum atomic E-state index is -3.58. The first-order valence-corrected chi connectivity index (χ1v) is 7.47. The molecule has 6 nitrogen and oxygen atoms in total.